The summed E-state index contributed by atoms with van der Waals surface area (Å²) < 4.78 is 11.3. The number of benzene rings is 4. The second-order valence-corrected chi connectivity index (χ2v) is 15.4. The van der Waals surface area contributed by atoms with Gasteiger partial charge in [0, 0.05) is 24.7 Å². The van der Waals surface area contributed by atoms with Crippen molar-refractivity contribution in [1.29, 1.82) is 0 Å². The van der Waals surface area contributed by atoms with Gasteiger partial charge in [-0.15, -0.1) is 0 Å². The zero-order valence-electron chi connectivity index (χ0n) is 32.9. The van der Waals surface area contributed by atoms with E-state index in [1.165, 1.54) is 12.8 Å². The van der Waals surface area contributed by atoms with Crippen LogP contribution in [0.4, 0.5) is 0 Å². The molecule has 2 aliphatic rings. The molecule has 2 saturated heterocycles. The number of hydrogen-bond acceptors (Lipinski definition) is 7. The predicted molar refractivity (Wildman–Crippen MR) is 221 cm³/mol. The SMILES string of the molecule is COc1cccc(OC)c1CN1CCC(N(CCCCCCCN2CC[C@@H](C(C(N)=O)(c3ccccc3)c3ccccc3)C2)CC(=O)c2ccccc2)CC1. The molecular weight excluding hydrogens is 685 g/mol. The third kappa shape index (κ3) is 9.85. The van der Waals surface area contributed by atoms with E-state index < -0.39 is 5.41 Å². The van der Waals surface area contributed by atoms with Gasteiger partial charge >= 0.3 is 0 Å². The van der Waals surface area contributed by atoms with Crippen molar-refractivity contribution in [3.63, 3.8) is 0 Å². The molecule has 292 valence electrons. The van der Waals surface area contributed by atoms with Crippen LogP contribution >= 0.6 is 0 Å². The van der Waals surface area contributed by atoms with E-state index in [2.05, 4.69) is 39.0 Å². The number of ketones is 1. The fourth-order valence-corrected chi connectivity index (χ4v) is 9.14. The molecule has 2 aliphatic heterocycles. The maximum Gasteiger partial charge on any atom is 0.232 e. The van der Waals surface area contributed by atoms with E-state index in [4.69, 9.17) is 15.2 Å². The van der Waals surface area contributed by atoms with Gasteiger partial charge in [0.05, 0.1) is 26.3 Å². The number of carbonyl (C=O) groups is 2. The molecule has 0 saturated carbocycles. The summed E-state index contributed by atoms with van der Waals surface area (Å²) in [5.41, 5.74) is 9.32. The standard InChI is InChI=1S/C47H60N4O4/c1-54-44-24-17-25-45(55-2)42(44)35-50-32-27-41(28-33-50)51(36-43(52)37-18-9-6-10-19-37)30-16-5-3-4-15-29-49-31-26-40(34-49)47(46(48)53,38-20-11-7-12-21-38)39-22-13-8-14-23-39/h6-14,17-25,40-41H,3-5,15-16,26-36H2,1-2H3,(H2,48,53)/t40-/m1/s1. The summed E-state index contributed by atoms with van der Waals surface area (Å²) in [5.74, 6) is 1.77. The lowest BCUT2D eigenvalue weighted by atomic mass is 9.64. The van der Waals surface area contributed by atoms with Crippen molar-refractivity contribution in [3.05, 3.63) is 131 Å². The summed E-state index contributed by atoms with van der Waals surface area (Å²) >= 11 is 0. The highest BCUT2D eigenvalue weighted by atomic mass is 16.5. The molecular formula is C47H60N4O4. The molecule has 4 aromatic rings. The molecule has 0 unspecified atom stereocenters. The highest BCUT2D eigenvalue weighted by Crippen LogP contribution is 2.43. The molecule has 8 heteroatoms. The Morgan fingerprint density at radius 2 is 1.24 bits per heavy atom. The number of unbranched alkanes of at least 4 members (excludes halogenated alkanes) is 4. The molecule has 6 rings (SSSR count). The van der Waals surface area contributed by atoms with Gasteiger partial charge in [-0.05, 0) is 94.0 Å². The van der Waals surface area contributed by atoms with Crippen LogP contribution in [0, 0.1) is 5.92 Å². The minimum Gasteiger partial charge on any atom is -0.496 e. The van der Waals surface area contributed by atoms with Crippen LogP contribution in [-0.4, -0.2) is 92.5 Å². The zero-order chi connectivity index (χ0) is 38.5. The molecule has 0 spiro atoms. The highest BCUT2D eigenvalue weighted by molar-refractivity contribution is 5.97. The number of methoxy groups -OCH3 is 2. The van der Waals surface area contributed by atoms with Crippen LogP contribution in [0.3, 0.4) is 0 Å². The minimum absolute atomic E-state index is 0.121. The van der Waals surface area contributed by atoms with Gasteiger partial charge in [-0.1, -0.05) is 116 Å². The molecule has 1 amide bonds. The molecule has 2 heterocycles. The van der Waals surface area contributed by atoms with Crippen LogP contribution in [0.5, 0.6) is 11.5 Å². The molecule has 2 N–H and O–H groups in total. The van der Waals surface area contributed by atoms with Gasteiger partial charge in [0.2, 0.25) is 5.91 Å². The topological polar surface area (TPSA) is 88.3 Å². The van der Waals surface area contributed by atoms with Crippen LogP contribution in [0.2, 0.25) is 0 Å². The Morgan fingerprint density at radius 3 is 1.82 bits per heavy atom. The molecule has 4 aromatic carbocycles. The Balaban J connectivity index is 0.985. The largest absolute Gasteiger partial charge is 0.496 e. The smallest absolute Gasteiger partial charge is 0.232 e. The number of amides is 1. The van der Waals surface area contributed by atoms with E-state index in [-0.39, 0.29) is 17.6 Å². The van der Waals surface area contributed by atoms with E-state index in [9.17, 15) is 9.59 Å². The lowest BCUT2D eigenvalue weighted by molar-refractivity contribution is -0.123. The first kappa shape index (κ1) is 40.2. The summed E-state index contributed by atoms with van der Waals surface area (Å²) in [5, 5.41) is 0. The summed E-state index contributed by atoms with van der Waals surface area (Å²) in [6.45, 7) is 7.00. The van der Waals surface area contributed by atoms with Crippen molar-refractivity contribution in [3.8, 4) is 11.5 Å². The van der Waals surface area contributed by atoms with Gasteiger partial charge in [0.25, 0.3) is 0 Å². The molecule has 1 atom stereocenters. The Kier molecular flexibility index (Phi) is 14.5. The summed E-state index contributed by atoms with van der Waals surface area (Å²) in [6.07, 6.45) is 8.73. The number of rotatable bonds is 20. The molecule has 0 aliphatic carbocycles. The molecule has 0 aromatic heterocycles. The van der Waals surface area contributed by atoms with Crippen LogP contribution < -0.4 is 15.2 Å². The number of hydrogen-bond donors (Lipinski definition) is 1. The first-order valence-corrected chi connectivity index (χ1v) is 20.3. The maximum atomic E-state index is 13.5. The van der Waals surface area contributed by atoms with Gasteiger partial charge in [0.15, 0.2) is 5.78 Å². The molecule has 0 bridgehead atoms. The van der Waals surface area contributed by atoms with Crippen LogP contribution in [-0.2, 0) is 16.8 Å². The van der Waals surface area contributed by atoms with Crippen molar-refractivity contribution in [2.75, 3.05) is 60.0 Å². The van der Waals surface area contributed by atoms with E-state index >= 15 is 0 Å². The average molecular weight is 745 g/mol. The predicted octanol–water partition coefficient (Wildman–Crippen LogP) is 7.60. The maximum absolute atomic E-state index is 13.5. The number of likely N-dealkylation sites (tertiary alicyclic amines) is 2. The Morgan fingerprint density at radius 1 is 0.691 bits per heavy atom. The molecule has 0 radical (unpaired) electrons. The number of primary amides is 1. The van der Waals surface area contributed by atoms with Crippen LogP contribution in [0.1, 0.15) is 78.4 Å². The van der Waals surface area contributed by atoms with Gasteiger partial charge in [-0.2, -0.15) is 0 Å². The Bertz CT molecular complexity index is 1720. The van der Waals surface area contributed by atoms with Gasteiger partial charge in [-0.25, -0.2) is 0 Å². The fourth-order valence-electron chi connectivity index (χ4n) is 9.14. The third-order valence-corrected chi connectivity index (χ3v) is 12.1. The van der Waals surface area contributed by atoms with Crippen molar-refractivity contribution < 1.29 is 19.1 Å². The number of nitrogens with zero attached hydrogens (tertiary/aromatic N) is 3. The van der Waals surface area contributed by atoms with Crippen LogP contribution in [0.25, 0.3) is 0 Å². The highest BCUT2D eigenvalue weighted by Gasteiger charge is 2.49. The first-order chi connectivity index (χ1) is 26.9. The summed E-state index contributed by atoms with van der Waals surface area (Å²) in [4.78, 5) is 34.3. The average Bonchev–Trinajstić information content (AvgIpc) is 3.70. The van der Waals surface area contributed by atoms with E-state index in [1.807, 2.05) is 84.9 Å². The summed E-state index contributed by atoms with van der Waals surface area (Å²) in [6, 6.07) is 36.3. The molecule has 55 heavy (non-hydrogen) atoms. The Labute approximate surface area is 328 Å². The van der Waals surface area contributed by atoms with Crippen molar-refractivity contribution in [2.24, 2.45) is 11.7 Å². The van der Waals surface area contributed by atoms with Crippen LogP contribution in [0.15, 0.2) is 109 Å². The van der Waals surface area contributed by atoms with E-state index in [0.717, 1.165) is 118 Å². The number of Topliss-reactive ketones (excluding diaryl/α,β-unsaturated/α-hetero) is 1. The Hall–Kier alpha value is -4.50. The zero-order valence-corrected chi connectivity index (χ0v) is 32.9. The van der Waals surface area contributed by atoms with Gasteiger partial charge < -0.3 is 20.1 Å². The van der Waals surface area contributed by atoms with E-state index in [1.54, 1.807) is 14.2 Å². The number of nitrogens with two attached hydrogens (primary N) is 1. The third-order valence-electron chi connectivity index (χ3n) is 12.1. The molecule has 8 nitrogen and oxygen atoms in total. The molecule has 2 fully saturated rings. The monoisotopic (exact) mass is 744 g/mol. The lowest BCUT2D eigenvalue weighted by Crippen LogP contribution is -2.49. The van der Waals surface area contributed by atoms with Gasteiger partial charge in [0.1, 0.15) is 16.9 Å². The first-order valence-electron chi connectivity index (χ1n) is 20.3. The number of carbonyl (C=O) groups excluding carboxylic acids is 2. The summed E-state index contributed by atoms with van der Waals surface area (Å²) in [7, 11) is 3.43. The van der Waals surface area contributed by atoms with Crippen molar-refractivity contribution in [1.82, 2.24) is 14.7 Å². The second-order valence-electron chi connectivity index (χ2n) is 15.4. The fraction of sp³-hybridized carbons (Fsp3) is 0.447. The lowest BCUT2D eigenvalue weighted by Gasteiger charge is -2.38. The van der Waals surface area contributed by atoms with Crippen molar-refractivity contribution in [2.45, 2.75) is 69.4 Å². The van der Waals surface area contributed by atoms with Gasteiger partial charge in [-0.3, -0.25) is 19.4 Å². The normalized spacial score (nSPS) is 17.0. The van der Waals surface area contributed by atoms with E-state index in [0.29, 0.717) is 12.6 Å². The second kappa shape index (κ2) is 19.9. The minimum atomic E-state index is -0.843. The number of ether oxygens (including phenoxy) is 2. The van der Waals surface area contributed by atoms with Crippen molar-refractivity contribution >= 4 is 11.7 Å². The number of piperidine rings is 1. The quantitative estimate of drug-likeness (QED) is 0.0737.